The van der Waals surface area contributed by atoms with Crippen molar-refractivity contribution in [3.05, 3.63) is 33.4 Å². The number of amides is 2. The number of likely N-dealkylation sites (N-methyl/N-ethyl adjacent to an activating group) is 1. The molecular weight excluding hydrogens is 397 g/mol. The highest BCUT2D eigenvalue weighted by atomic mass is 32.1. The predicted octanol–water partition coefficient (Wildman–Crippen LogP) is 1.73. The zero-order valence-electron chi connectivity index (χ0n) is 16.2. The highest BCUT2D eigenvalue weighted by Crippen LogP contribution is 2.42. The summed E-state index contributed by atoms with van der Waals surface area (Å²) < 4.78 is 20.2. The number of carbonyl (C=O) groups is 2. The summed E-state index contributed by atoms with van der Waals surface area (Å²) in [7, 11) is 1.54. The third-order valence-electron chi connectivity index (χ3n) is 4.55. The number of hydrogen-bond donors (Lipinski definition) is 2. The molecule has 0 saturated heterocycles. The zero-order chi connectivity index (χ0) is 21.3. The molecule has 1 aromatic heterocycles. The summed E-state index contributed by atoms with van der Waals surface area (Å²) in [6, 6.07) is 2.64. The summed E-state index contributed by atoms with van der Waals surface area (Å²) in [4.78, 5) is 29.9. The van der Waals surface area contributed by atoms with Crippen LogP contribution in [0.25, 0.3) is 11.3 Å². The molecule has 1 aliphatic heterocycles. The van der Waals surface area contributed by atoms with Gasteiger partial charge in [-0.05, 0) is 13.0 Å². The molecule has 7 nitrogen and oxygen atoms in total. The minimum absolute atomic E-state index is 0.0209. The predicted molar refractivity (Wildman–Crippen MR) is 106 cm³/mol. The Balaban J connectivity index is 2.05. The molecule has 2 atom stereocenters. The summed E-state index contributed by atoms with van der Waals surface area (Å²) in [5, 5.41) is 10.1. The number of nitrogens with two attached hydrogens (primary N) is 1. The van der Waals surface area contributed by atoms with E-state index in [1.807, 2.05) is 6.92 Å². The second-order valence-electron chi connectivity index (χ2n) is 6.66. The number of fused-ring (bicyclic) bond motifs is 3. The number of aliphatic hydroxyl groups is 1. The number of rotatable bonds is 3. The molecule has 1 aromatic carbocycles. The fourth-order valence-electron chi connectivity index (χ4n) is 2.78. The number of nitrogens with zero attached hydrogens (tertiary/aromatic N) is 2. The Bertz CT molecular complexity index is 1040. The van der Waals surface area contributed by atoms with Gasteiger partial charge in [0.05, 0.1) is 17.9 Å². The molecule has 0 radical (unpaired) electrons. The van der Waals surface area contributed by atoms with Crippen molar-refractivity contribution >= 4 is 23.2 Å². The van der Waals surface area contributed by atoms with Gasteiger partial charge in [-0.1, -0.05) is 18.8 Å². The number of ether oxygens (including phenoxy) is 1. The molecule has 0 fully saturated rings. The van der Waals surface area contributed by atoms with E-state index in [0.717, 1.165) is 4.88 Å². The Morgan fingerprint density at radius 1 is 1.52 bits per heavy atom. The largest absolute Gasteiger partial charge is 0.492 e. The number of primary amides is 1. The molecule has 29 heavy (non-hydrogen) atoms. The van der Waals surface area contributed by atoms with Crippen LogP contribution in [-0.4, -0.2) is 53.1 Å². The van der Waals surface area contributed by atoms with E-state index in [-0.39, 0.29) is 22.2 Å². The molecule has 0 aliphatic carbocycles. The van der Waals surface area contributed by atoms with Gasteiger partial charge >= 0.3 is 0 Å². The van der Waals surface area contributed by atoms with Crippen LogP contribution in [0.2, 0.25) is 0 Å². The van der Waals surface area contributed by atoms with Crippen molar-refractivity contribution in [3.8, 4) is 28.8 Å². The van der Waals surface area contributed by atoms with E-state index in [4.69, 9.17) is 10.5 Å². The van der Waals surface area contributed by atoms with E-state index in [2.05, 4.69) is 16.8 Å². The van der Waals surface area contributed by atoms with Crippen LogP contribution in [0.1, 0.15) is 40.0 Å². The maximum Gasteiger partial charge on any atom is 0.277 e. The van der Waals surface area contributed by atoms with Gasteiger partial charge in [-0.3, -0.25) is 9.59 Å². The average Bonchev–Trinajstić information content (AvgIpc) is 3.10. The number of thiazole rings is 1. The molecule has 2 unspecified atom stereocenters. The highest BCUT2D eigenvalue weighted by Gasteiger charge is 2.27. The second kappa shape index (κ2) is 8.19. The monoisotopic (exact) mass is 417 g/mol. The van der Waals surface area contributed by atoms with E-state index in [1.165, 1.54) is 35.4 Å². The van der Waals surface area contributed by atoms with Crippen molar-refractivity contribution < 1.29 is 23.8 Å². The third-order valence-corrected chi connectivity index (χ3v) is 5.85. The Morgan fingerprint density at radius 3 is 2.90 bits per heavy atom. The number of hydrogen-bond acceptors (Lipinski definition) is 6. The van der Waals surface area contributed by atoms with Crippen LogP contribution in [0, 0.1) is 17.7 Å². The first-order chi connectivity index (χ1) is 13.7. The maximum atomic E-state index is 14.5. The standard InChI is InChI=1S/C20H20FN3O4S/c1-4-24(3)20(27)14(25)6-5-11-7-12-15(8-13(11)21)28-9-10(2)17-16(12)23-19(29-17)18(22)26/h7-8,10,14,25H,4,9H2,1-3H3,(H2,22,26). The van der Waals surface area contributed by atoms with Crippen molar-refractivity contribution in [3.63, 3.8) is 0 Å². The topological polar surface area (TPSA) is 106 Å². The first-order valence-electron chi connectivity index (χ1n) is 8.94. The van der Waals surface area contributed by atoms with E-state index in [0.29, 0.717) is 24.4 Å². The molecule has 0 spiro atoms. The average molecular weight is 417 g/mol. The first-order valence-corrected chi connectivity index (χ1v) is 9.76. The number of halogens is 1. The van der Waals surface area contributed by atoms with Gasteiger partial charge in [0.25, 0.3) is 11.8 Å². The first kappa shape index (κ1) is 20.8. The van der Waals surface area contributed by atoms with Crippen LogP contribution in [0.4, 0.5) is 4.39 Å². The lowest BCUT2D eigenvalue weighted by Crippen LogP contribution is -2.35. The normalized spacial score (nSPS) is 15.7. The van der Waals surface area contributed by atoms with Crippen LogP contribution in [-0.2, 0) is 4.79 Å². The van der Waals surface area contributed by atoms with Gasteiger partial charge in [0.2, 0.25) is 0 Å². The fourth-order valence-corrected chi connectivity index (χ4v) is 3.75. The number of aliphatic hydroxyl groups excluding tert-OH is 1. The van der Waals surface area contributed by atoms with Crippen molar-refractivity contribution in [1.82, 2.24) is 9.88 Å². The van der Waals surface area contributed by atoms with Crippen LogP contribution in [0.15, 0.2) is 12.1 Å². The molecular formula is C20H20FN3O4S. The molecule has 3 N–H and O–H groups in total. The fraction of sp³-hybridized carbons (Fsp3) is 0.350. The Morgan fingerprint density at radius 2 is 2.24 bits per heavy atom. The van der Waals surface area contributed by atoms with Crippen molar-refractivity contribution in [2.45, 2.75) is 25.9 Å². The summed E-state index contributed by atoms with van der Waals surface area (Å²) in [5.41, 5.74) is 6.31. The molecule has 2 amide bonds. The molecule has 2 aromatic rings. The zero-order valence-corrected chi connectivity index (χ0v) is 17.0. The molecule has 2 heterocycles. The molecule has 152 valence electrons. The molecule has 3 rings (SSSR count). The summed E-state index contributed by atoms with van der Waals surface area (Å²) in [6.45, 7) is 4.38. The smallest absolute Gasteiger partial charge is 0.277 e. The van der Waals surface area contributed by atoms with Crippen LogP contribution < -0.4 is 10.5 Å². The molecule has 0 saturated carbocycles. The van der Waals surface area contributed by atoms with Crippen LogP contribution >= 0.6 is 11.3 Å². The van der Waals surface area contributed by atoms with Gasteiger partial charge in [-0.2, -0.15) is 0 Å². The highest BCUT2D eigenvalue weighted by molar-refractivity contribution is 7.14. The lowest BCUT2D eigenvalue weighted by molar-refractivity contribution is -0.135. The lowest BCUT2D eigenvalue weighted by Gasteiger charge is -2.15. The Labute approximate surface area is 171 Å². The van der Waals surface area contributed by atoms with Crippen LogP contribution in [0.5, 0.6) is 5.75 Å². The summed E-state index contributed by atoms with van der Waals surface area (Å²) in [6.07, 6.45) is -1.56. The van der Waals surface area contributed by atoms with E-state index < -0.39 is 23.7 Å². The van der Waals surface area contributed by atoms with E-state index in [9.17, 15) is 19.1 Å². The number of carbonyl (C=O) groups excluding carboxylic acids is 2. The minimum atomic E-state index is -1.56. The van der Waals surface area contributed by atoms with E-state index >= 15 is 0 Å². The van der Waals surface area contributed by atoms with Gasteiger partial charge in [-0.25, -0.2) is 9.37 Å². The molecule has 1 aliphatic rings. The minimum Gasteiger partial charge on any atom is -0.492 e. The third kappa shape index (κ3) is 4.09. The van der Waals surface area contributed by atoms with Gasteiger partial charge in [0.15, 0.2) is 11.1 Å². The van der Waals surface area contributed by atoms with E-state index in [1.54, 1.807) is 6.92 Å². The van der Waals surface area contributed by atoms with Gasteiger partial charge in [0, 0.05) is 36.0 Å². The molecule has 9 heteroatoms. The van der Waals surface area contributed by atoms with Gasteiger partial charge in [-0.15, -0.1) is 11.3 Å². The van der Waals surface area contributed by atoms with Gasteiger partial charge in [0.1, 0.15) is 11.6 Å². The summed E-state index contributed by atoms with van der Waals surface area (Å²) >= 11 is 1.18. The Hall–Kier alpha value is -2.96. The number of aromatic nitrogens is 1. The van der Waals surface area contributed by atoms with Crippen molar-refractivity contribution in [2.24, 2.45) is 5.73 Å². The van der Waals surface area contributed by atoms with Crippen molar-refractivity contribution in [1.29, 1.82) is 0 Å². The van der Waals surface area contributed by atoms with Crippen LogP contribution in [0.3, 0.4) is 0 Å². The van der Waals surface area contributed by atoms with Crippen molar-refractivity contribution in [2.75, 3.05) is 20.2 Å². The summed E-state index contributed by atoms with van der Waals surface area (Å²) in [5.74, 6) is 3.25. The SMILES string of the molecule is CCN(C)C(=O)C(O)C#Cc1cc2c(cc1F)OCC(C)c1sc(C(N)=O)nc1-2. The number of benzene rings is 1. The second-order valence-corrected chi connectivity index (χ2v) is 7.69. The maximum absolute atomic E-state index is 14.5. The van der Waals surface area contributed by atoms with Gasteiger partial charge < -0.3 is 20.5 Å². The molecule has 0 bridgehead atoms. The quantitative estimate of drug-likeness (QED) is 0.740. The Kier molecular flexibility index (Phi) is 5.86. The lowest BCUT2D eigenvalue weighted by atomic mass is 10.0.